The van der Waals surface area contributed by atoms with Crippen LogP contribution in [0.3, 0.4) is 0 Å². The van der Waals surface area contributed by atoms with Gasteiger partial charge in [-0.3, -0.25) is 4.79 Å². The molecule has 0 aliphatic heterocycles. The van der Waals surface area contributed by atoms with Crippen molar-refractivity contribution in [3.05, 3.63) is 0 Å². The van der Waals surface area contributed by atoms with E-state index in [0.717, 1.165) is 12.8 Å². The quantitative estimate of drug-likeness (QED) is 0.118. The fourth-order valence-corrected chi connectivity index (χ4v) is 5.60. The Labute approximate surface area is 221 Å². The molecular weight excluding hydrogens is 428 g/mol. The highest BCUT2D eigenvalue weighted by Crippen LogP contribution is 2.34. The normalized spacial score (nSPS) is 14.7. The van der Waals surface area contributed by atoms with Gasteiger partial charge in [0, 0.05) is 30.0 Å². The molecule has 0 aliphatic carbocycles. The van der Waals surface area contributed by atoms with Gasteiger partial charge in [-0.15, -0.1) is 0 Å². The van der Waals surface area contributed by atoms with Gasteiger partial charge < -0.3 is 11.1 Å². The average Bonchev–Trinajstić information content (AvgIpc) is 2.84. The zero-order valence-electron chi connectivity index (χ0n) is 25.1. The van der Waals surface area contributed by atoms with Crippen LogP contribution in [0.15, 0.2) is 0 Å². The second-order valence-corrected chi connectivity index (χ2v) is 12.1. The number of Topliss-reactive ketones (excluding diaryl/α,β-unsaturated/α-hetero) is 1. The zero-order chi connectivity index (χ0) is 26.4. The molecule has 0 aliphatic rings. The first kappa shape index (κ1) is 34.6. The van der Waals surface area contributed by atoms with Crippen LogP contribution in [0.5, 0.6) is 0 Å². The van der Waals surface area contributed by atoms with Crippen LogP contribution < -0.4 is 11.1 Å². The fraction of sp³-hybridized carbons (Fsp3) is 0.969. The van der Waals surface area contributed by atoms with Crippen LogP contribution in [0.4, 0.5) is 0 Å². The van der Waals surface area contributed by atoms with Gasteiger partial charge >= 0.3 is 0 Å². The molecule has 0 rings (SSSR count). The third-order valence-electron chi connectivity index (χ3n) is 8.27. The largest absolute Gasteiger partial charge is 0.329 e. The Balaban J connectivity index is 5.19. The Morgan fingerprint density at radius 2 is 1.00 bits per heavy atom. The van der Waals surface area contributed by atoms with E-state index < -0.39 is 0 Å². The van der Waals surface area contributed by atoms with Gasteiger partial charge in [-0.25, -0.2) is 0 Å². The third kappa shape index (κ3) is 16.9. The highest BCUT2D eigenvalue weighted by atomic mass is 16.1. The molecule has 0 heterocycles. The molecule has 0 saturated heterocycles. The molecule has 3 nitrogen and oxygen atoms in total. The monoisotopic (exact) mass is 495 g/mol. The minimum atomic E-state index is -0.185. The summed E-state index contributed by atoms with van der Waals surface area (Å²) < 4.78 is 0. The van der Waals surface area contributed by atoms with Crippen LogP contribution in [-0.2, 0) is 4.79 Å². The SMILES string of the molecule is CCCCCCCC(C)(CCCCC)NC(CN)CC(=O)C(C)(CCCCCC)CCCCCC. The molecule has 0 bridgehead atoms. The molecule has 2 atom stereocenters. The lowest BCUT2D eigenvalue weighted by Crippen LogP contribution is -2.52. The van der Waals surface area contributed by atoms with Gasteiger partial charge in [0.05, 0.1) is 0 Å². The van der Waals surface area contributed by atoms with Gasteiger partial charge in [-0.1, -0.05) is 137 Å². The summed E-state index contributed by atoms with van der Waals surface area (Å²) in [5, 5.41) is 3.94. The first-order chi connectivity index (χ1) is 16.8. The van der Waals surface area contributed by atoms with Gasteiger partial charge in [0.25, 0.3) is 0 Å². The Morgan fingerprint density at radius 3 is 1.46 bits per heavy atom. The fourth-order valence-electron chi connectivity index (χ4n) is 5.60. The van der Waals surface area contributed by atoms with Crippen LogP contribution in [0.25, 0.3) is 0 Å². The van der Waals surface area contributed by atoms with Crippen molar-refractivity contribution in [2.24, 2.45) is 11.1 Å². The molecular formula is C32H66N2O. The highest BCUT2D eigenvalue weighted by Gasteiger charge is 2.34. The summed E-state index contributed by atoms with van der Waals surface area (Å²) >= 11 is 0. The van der Waals surface area contributed by atoms with Crippen LogP contribution in [0, 0.1) is 5.41 Å². The Morgan fingerprint density at radius 1 is 0.629 bits per heavy atom. The molecule has 3 heteroatoms. The average molecular weight is 495 g/mol. The van der Waals surface area contributed by atoms with E-state index in [0.29, 0.717) is 18.7 Å². The Hall–Kier alpha value is -0.410. The molecule has 0 saturated carbocycles. The maximum atomic E-state index is 13.7. The molecule has 0 aromatic rings. The Kier molecular flexibility index (Phi) is 21.4. The van der Waals surface area contributed by atoms with Crippen molar-refractivity contribution in [1.29, 1.82) is 0 Å². The zero-order valence-corrected chi connectivity index (χ0v) is 25.1. The number of nitrogens with one attached hydrogen (secondary N) is 1. The molecule has 35 heavy (non-hydrogen) atoms. The van der Waals surface area contributed by atoms with Crippen LogP contribution >= 0.6 is 0 Å². The van der Waals surface area contributed by atoms with Crippen molar-refractivity contribution >= 4 is 5.78 Å². The van der Waals surface area contributed by atoms with E-state index in [4.69, 9.17) is 5.73 Å². The molecule has 3 N–H and O–H groups in total. The number of carbonyl (C=O) groups is 1. The molecule has 0 spiro atoms. The van der Waals surface area contributed by atoms with Gasteiger partial charge in [0.1, 0.15) is 5.78 Å². The van der Waals surface area contributed by atoms with Crippen molar-refractivity contribution < 1.29 is 4.79 Å². The van der Waals surface area contributed by atoms with Crippen molar-refractivity contribution in [2.45, 2.75) is 188 Å². The van der Waals surface area contributed by atoms with Crippen molar-refractivity contribution in [2.75, 3.05) is 6.54 Å². The molecule has 0 aromatic carbocycles. The topological polar surface area (TPSA) is 55.1 Å². The number of rotatable bonds is 26. The highest BCUT2D eigenvalue weighted by molar-refractivity contribution is 5.85. The number of unbranched alkanes of at least 4 members (excludes halogenated alkanes) is 12. The lowest BCUT2D eigenvalue weighted by Gasteiger charge is -2.37. The number of hydrogen-bond acceptors (Lipinski definition) is 3. The number of hydrogen-bond donors (Lipinski definition) is 2. The maximum Gasteiger partial charge on any atom is 0.140 e. The summed E-state index contributed by atoms with van der Waals surface area (Å²) in [5.74, 6) is 0.451. The molecule has 0 fully saturated rings. The Bertz CT molecular complexity index is 480. The smallest absolute Gasteiger partial charge is 0.140 e. The second kappa shape index (κ2) is 21.7. The molecule has 0 amide bonds. The molecule has 2 unspecified atom stereocenters. The summed E-state index contributed by atoms with van der Waals surface area (Å²) in [5.41, 5.74) is 6.19. The van der Waals surface area contributed by atoms with E-state index in [1.807, 2.05) is 0 Å². The van der Waals surface area contributed by atoms with Gasteiger partial charge in [0.2, 0.25) is 0 Å². The van der Waals surface area contributed by atoms with Crippen LogP contribution in [0.2, 0.25) is 0 Å². The molecule has 0 radical (unpaired) electrons. The molecule has 0 aromatic heterocycles. The third-order valence-corrected chi connectivity index (χ3v) is 8.27. The van der Waals surface area contributed by atoms with E-state index in [1.165, 1.54) is 116 Å². The number of ketones is 1. The lowest BCUT2D eigenvalue weighted by molar-refractivity contribution is -0.129. The van der Waals surface area contributed by atoms with Crippen molar-refractivity contribution in [3.8, 4) is 0 Å². The van der Waals surface area contributed by atoms with Gasteiger partial charge in [0.15, 0.2) is 0 Å². The van der Waals surface area contributed by atoms with Gasteiger partial charge in [-0.05, 0) is 32.6 Å². The number of carbonyl (C=O) groups excluding carboxylic acids is 1. The van der Waals surface area contributed by atoms with E-state index in [1.54, 1.807) is 0 Å². The molecule has 210 valence electrons. The summed E-state index contributed by atoms with van der Waals surface area (Å²) in [6.07, 6.45) is 25.3. The summed E-state index contributed by atoms with van der Waals surface area (Å²) in [6.45, 7) is 14.3. The first-order valence-electron chi connectivity index (χ1n) is 15.8. The lowest BCUT2D eigenvalue weighted by atomic mass is 9.74. The van der Waals surface area contributed by atoms with Crippen LogP contribution in [-0.4, -0.2) is 23.9 Å². The van der Waals surface area contributed by atoms with E-state index in [2.05, 4.69) is 46.9 Å². The van der Waals surface area contributed by atoms with Crippen molar-refractivity contribution in [3.63, 3.8) is 0 Å². The summed E-state index contributed by atoms with van der Waals surface area (Å²) in [6, 6.07) is 0.0929. The predicted octanol–water partition coefficient (Wildman–Crippen LogP) is 9.51. The number of nitrogens with two attached hydrogens (primary N) is 1. The van der Waals surface area contributed by atoms with Crippen molar-refractivity contribution in [1.82, 2.24) is 5.32 Å². The standard InChI is InChI=1S/C32H66N2O/c1-7-11-15-18-22-26-32(6,25-19-14-10-4)34-29(28-33)27-30(35)31(5,23-20-16-12-8-2)24-21-17-13-9-3/h29,34H,7-28,33H2,1-6H3. The summed E-state index contributed by atoms with van der Waals surface area (Å²) in [4.78, 5) is 13.7. The van der Waals surface area contributed by atoms with E-state index >= 15 is 0 Å². The minimum absolute atomic E-state index is 0.0877. The van der Waals surface area contributed by atoms with E-state index in [-0.39, 0.29) is 17.0 Å². The summed E-state index contributed by atoms with van der Waals surface area (Å²) in [7, 11) is 0. The predicted molar refractivity (Wildman–Crippen MR) is 157 cm³/mol. The first-order valence-corrected chi connectivity index (χ1v) is 15.8. The minimum Gasteiger partial charge on any atom is -0.329 e. The van der Waals surface area contributed by atoms with E-state index in [9.17, 15) is 4.79 Å². The van der Waals surface area contributed by atoms with Crippen LogP contribution in [0.1, 0.15) is 176 Å². The van der Waals surface area contributed by atoms with Gasteiger partial charge in [-0.2, -0.15) is 0 Å². The maximum absolute atomic E-state index is 13.7. The second-order valence-electron chi connectivity index (χ2n) is 12.1.